The number of pyridine rings is 1. The number of hydrogen-bond acceptors (Lipinski definition) is 6. The van der Waals surface area contributed by atoms with E-state index in [1.165, 1.54) is 50.2 Å². The highest BCUT2D eigenvalue weighted by molar-refractivity contribution is 6.03. The third kappa shape index (κ3) is 2.87. The zero-order valence-corrected chi connectivity index (χ0v) is 18.0. The average Bonchev–Trinajstić information content (AvgIpc) is 3.27. The maximum atomic E-state index is 12.7. The van der Waals surface area contributed by atoms with E-state index in [0.717, 1.165) is 41.1 Å². The summed E-state index contributed by atoms with van der Waals surface area (Å²) in [5.74, 6) is 2.40. The Morgan fingerprint density at radius 1 is 1.19 bits per heavy atom. The fourth-order valence-corrected chi connectivity index (χ4v) is 7.16. The molecule has 7 rings (SSSR count). The molecule has 3 aromatic rings. The van der Waals surface area contributed by atoms with Crippen molar-refractivity contribution in [1.82, 2.24) is 24.4 Å². The van der Waals surface area contributed by atoms with Crippen molar-refractivity contribution < 1.29 is 9.53 Å². The van der Waals surface area contributed by atoms with Crippen molar-refractivity contribution in [3.8, 4) is 11.1 Å². The fraction of sp³-hybridized carbons (Fsp3) is 0.565. The molecule has 3 heterocycles. The molecule has 0 saturated heterocycles. The number of aromatic nitrogens is 5. The summed E-state index contributed by atoms with van der Waals surface area (Å²) in [4.78, 5) is 16.9. The van der Waals surface area contributed by atoms with E-state index in [-0.39, 0.29) is 5.95 Å². The quantitative estimate of drug-likeness (QED) is 0.649. The first-order valence-corrected chi connectivity index (χ1v) is 11.2. The van der Waals surface area contributed by atoms with Crippen LogP contribution in [-0.2, 0) is 11.3 Å². The Balaban J connectivity index is 1.40. The Bertz CT molecular complexity index is 1160. The van der Waals surface area contributed by atoms with Gasteiger partial charge in [-0.25, -0.2) is 9.31 Å². The Kier molecular flexibility index (Phi) is 3.98. The summed E-state index contributed by atoms with van der Waals surface area (Å²) in [7, 11) is 1.37. The molecule has 2 N–H and O–H groups in total. The zero-order valence-electron chi connectivity index (χ0n) is 18.0. The molecule has 0 atom stereocenters. The SMILES string of the molecule is COC(=O)c1c(-c2cnn(CC34CC5CC(CC(C5)C3)C4)c2C)ccn2nc(N)nc12. The lowest BCUT2D eigenvalue weighted by Gasteiger charge is -2.56. The van der Waals surface area contributed by atoms with Gasteiger partial charge in [-0.2, -0.15) is 10.1 Å². The highest BCUT2D eigenvalue weighted by Gasteiger charge is 2.51. The van der Waals surface area contributed by atoms with Gasteiger partial charge >= 0.3 is 5.97 Å². The van der Waals surface area contributed by atoms with E-state index in [1.807, 2.05) is 12.3 Å². The first-order chi connectivity index (χ1) is 14.9. The summed E-state index contributed by atoms with van der Waals surface area (Å²) < 4.78 is 8.74. The number of methoxy groups -OCH3 is 1. The Morgan fingerprint density at radius 3 is 2.52 bits per heavy atom. The van der Waals surface area contributed by atoms with Crippen LogP contribution in [0.5, 0.6) is 0 Å². The molecule has 4 bridgehead atoms. The number of rotatable bonds is 4. The van der Waals surface area contributed by atoms with Crippen LogP contribution in [0.3, 0.4) is 0 Å². The standard InChI is InChI=1S/C23H28N6O2/c1-13-18(17-3-4-28-20(26-22(24)27-28)19(17)21(30)31-2)11-25-29(13)12-23-8-14-5-15(9-23)7-16(6-14)10-23/h3-4,11,14-16H,5-10,12H2,1-2H3,(H2,24,27). The highest BCUT2D eigenvalue weighted by atomic mass is 16.5. The monoisotopic (exact) mass is 420 g/mol. The lowest BCUT2D eigenvalue weighted by Crippen LogP contribution is -2.48. The maximum absolute atomic E-state index is 12.7. The van der Waals surface area contributed by atoms with E-state index in [0.29, 0.717) is 16.6 Å². The van der Waals surface area contributed by atoms with Crippen LogP contribution in [0.2, 0.25) is 0 Å². The first kappa shape index (κ1) is 18.8. The largest absolute Gasteiger partial charge is 0.465 e. The molecule has 0 aliphatic heterocycles. The van der Waals surface area contributed by atoms with Crippen molar-refractivity contribution in [2.24, 2.45) is 23.2 Å². The van der Waals surface area contributed by atoms with E-state index in [1.54, 1.807) is 6.20 Å². The molecule has 8 heteroatoms. The van der Waals surface area contributed by atoms with Gasteiger partial charge in [-0.05, 0) is 74.7 Å². The minimum absolute atomic E-state index is 0.122. The number of nitrogens with zero attached hydrogens (tertiary/aromatic N) is 5. The van der Waals surface area contributed by atoms with E-state index in [2.05, 4.69) is 21.7 Å². The molecule has 4 saturated carbocycles. The van der Waals surface area contributed by atoms with Gasteiger partial charge < -0.3 is 10.5 Å². The number of ether oxygens (including phenoxy) is 1. The minimum Gasteiger partial charge on any atom is -0.465 e. The van der Waals surface area contributed by atoms with Crippen molar-refractivity contribution >= 4 is 17.6 Å². The Hall–Kier alpha value is -2.90. The van der Waals surface area contributed by atoms with Crippen molar-refractivity contribution in [2.45, 2.75) is 52.0 Å². The first-order valence-electron chi connectivity index (χ1n) is 11.2. The lowest BCUT2D eigenvalue weighted by molar-refractivity contribution is -0.0638. The summed E-state index contributed by atoms with van der Waals surface area (Å²) in [5.41, 5.74) is 9.67. The number of hydrogen-bond donors (Lipinski definition) is 1. The predicted octanol–water partition coefficient (Wildman–Crippen LogP) is 3.49. The molecule has 162 valence electrons. The summed E-state index contributed by atoms with van der Waals surface area (Å²) in [6.45, 7) is 3.06. The van der Waals surface area contributed by atoms with Gasteiger partial charge in [0.05, 0.1) is 13.3 Å². The van der Waals surface area contributed by atoms with Crippen LogP contribution in [0.1, 0.15) is 54.6 Å². The van der Waals surface area contributed by atoms with Crippen molar-refractivity contribution in [3.05, 3.63) is 29.7 Å². The maximum Gasteiger partial charge on any atom is 0.342 e. The lowest BCUT2D eigenvalue weighted by atomic mass is 9.49. The van der Waals surface area contributed by atoms with Crippen LogP contribution < -0.4 is 5.73 Å². The summed E-state index contributed by atoms with van der Waals surface area (Å²) in [6.07, 6.45) is 12.0. The van der Waals surface area contributed by atoms with Crippen molar-refractivity contribution in [1.29, 1.82) is 0 Å². The number of nitrogen functional groups attached to an aromatic ring is 1. The third-order valence-corrected chi connectivity index (χ3v) is 7.96. The number of anilines is 1. The number of carbonyl (C=O) groups excluding carboxylic acids is 1. The van der Waals surface area contributed by atoms with Gasteiger partial charge in [0.25, 0.3) is 0 Å². The van der Waals surface area contributed by atoms with Gasteiger partial charge in [-0.15, -0.1) is 5.10 Å². The Morgan fingerprint density at radius 2 is 1.87 bits per heavy atom. The summed E-state index contributed by atoms with van der Waals surface area (Å²) >= 11 is 0. The molecule has 31 heavy (non-hydrogen) atoms. The predicted molar refractivity (Wildman–Crippen MR) is 115 cm³/mol. The number of carbonyl (C=O) groups is 1. The molecule has 8 nitrogen and oxygen atoms in total. The van der Waals surface area contributed by atoms with Crippen LogP contribution in [0.15, 0.2) is 18.5 Å². The fourth-order valence-electron chi connectivity index (χ4n) is 7.16. The minimum atomic E-state index is -0.457. The number of esters is 1. The second-order valence-electron chi connectivity index (χ2n) is 10.1. The van der Waals surface area contributed by atoms with E-state index in [4.69, 9.17) is 15.6 Å². The summed E-state index contributed by atoms with van der Waals surface area (Å²) in [5, 5.41) is 8.91. The topological polar surface area (TPSA) is 100 Å². The van der Waals surface area contributed by atoms with Gasteiger partial charge in [0.15, 0.2) is 5.65 Å². The van der Waals surface area contributed by atoms with Gasteiger partial charge in [0.1, 0.15) is 5.56 Å². The average molecular weight is 421 g/mol. The molecule has 0 amide bonds. The molecular formula is C23H28N6O2. The Labute approximate surface area is 180 Å². The normalized spacial score (nSPS) is 29.0. The number of nitrogens with two attached hydrogens (primary N) is 1. The molecule has 0 unspecified atom stereocenters. The molecular weight excluding hydrogens is 392 g/mol. The van der Waals surface area contributed by atoms with Crippen LogP contribution in [0.4, 0.5) is 5.95 Å². The van der Waals surface area contributed by atoms with Gasteiger partial charge in [0, 0.05) is 29.6 Å². The molecule has 0 spiro atoms. The van der Waals surface area contributed by atoms with Crippen LogP contribution >= 0.6 is 0 Å². The molecule has 0 aromatic carbocycles. The van der Waals surface area contributed by atoms with Crippen LogP contribution in [-0.4, -0.2) is 37.5 Å². The van der Waals surface area contributed by atoms with Crippen molar-refractivity contribution in [3.63, 3.8) is 0 Å². The smallest absolute Gasteiger partial charge is 0.342 e. The number of fused-ring (bicyclic) bond motifs is 1. The van der Waals surface area contributed by atoms with Crippen LogP contribution in [0, 0.1) is 30.1 Å². The molecule has 3 aromatic heterocycles. The van der Waals surface area contributed by atoms with E-state index < -0.39 is 5.97 Å². The zero-order chi connectivity index (χ0) is 21.3. The van der Waals surface area contributed by atoms with Gasteiger partial charge in [-0.1, -0.05) is 0 Å². The third-order valence-electron chi connectivity index (χ3n) is 7.96. The molecule has 4 aliphatic carbocycles. The van der Waals surface area contributed by atoms with Gasteiger partial charge in [0.2, 0.25) is 5.95 Å². The van der Waals surface area contributed by atoms with E-state index in [9.17, 15) is 4.79 Å². The van der Waals surface area contributed by atoms with E-state index >= 15 is 0 Å². The summed E-state index contributed by atoms with van der Waals surface area (Å²) in [6, 6.07) is 1.87. The molecule has 4 aliphatic rings. The second kappa shape index (κ2) is 6.55. The van der Waals surface area contributed by atoms with Crippen molar-refractivity contribution in [2.75, 3.05) is 12.8 Å². The van der Waals surface area contributed by atoms with Gasteiger partial charge in [-0.3, -0.25) is 4.68 Å². The molecule has 0 radical (unpaired) electrons. The molecule has 4 fully saturated rings. The van der Waals surface area contributed by atoms with Crippen LogP contribution in [0.25, 0.3) is 16.8 Å². The highest BCUT2D eigenvalue weighted by Crippen LogP contribution is 2.60. The second-order valence-corrected chi connectivity index (χ2v) is 10.1.